The molecular formula is C22H25ClN2O5. The van der Waals surface area contributed by atoms with Crippen molar-refractivity contribution in [2.24, 2.45) is 0 Å². The second-order valence-corrected chi connectivity index (χ2v) is 6.77. The van der Waals surface area contributed by atoms with Crippen molar-refractivity contribution in [3.8, 4) is 5.75 Å². The van der Waals surface area contributed by atoms with Gasteiger partial charge in [-0.3, -0.25) is 9.59 Å². The van der Waals surface area contributed by atoms with Crippen LogP contribution in [-0.4, -0.2) is 37.7 Å². The molecule has 0 saturated carbocycles. The Bertz CT molecular complexity index is 855. The van der Waals surface area contributed by atoms with Crippen molar-refractivity contribution in [3.05, 3.63) is 64.7 Å². The van der Waals surface area contributed by atoms with E-state index >= 15 is 0 Å². The molecule has 0 saturated heterocycles. The molecule has 8 heteroatoms. The molecule has 0 heterocycles. The topological polar surface area (TPSA) is 93.7 Å². The Morgan fingerprint density at radius 3 is 2.37 bits per heavy atom. The molecule has 2 rings (SSSR count). The van der Waals surface area contributed by atoms with Gasteiger partial charge in [-0.2, -0.15) is 0 Å². The number of ether oxygens (including phenoxy) is 2. The zero-order valence-electron chi connectivity index (χ0n) is 16.8. The number of hydrogen-bond acceptors (Lipinski definition) is 5. The first-order valence-corrected chi connectivity index (χ1v) is 10.1. The summed E-state index contributed by atoms with van der Waals surface area (Å²) in [5.41, 5.74) is 1.38. The Kier molecular flexibility index (Phi) is 9.67. The minimum absolute atomic E-state index is 0.0570. The van der Waals surface area contributed by atoms with Crippen molar-refractivity contribution in [2.75, 3.05) is 19.7 Å². The first kappa shape index (κ1) is 23.2. The van der Waals surface area contributed by atoms with Gasteiger partial charge in [-0.25, -0.2) is 4.79 Å². The second-order valence-electron chi connectivity index (χ2n) is 6.36. The Labute approximate surface area is 180 Å². The van der Waals surface area contributed by atoms with Crippen molar-refractivity contribution in [3.63, 3.8) is 0 Å². The van der Waals surface area contributed by atoms with Crippen LogP contribution in [0.3, 0.4) is 0 Å². The average molecular weight is 433 g/mol. The van der Waals surface area contributed by atoms with Crippen molar-refractivity contribution in [1.29, 1.82) is 0 Å². The van der Waals surface area contributed by atoms with E-state index in [1.807, 2.05) is 18.2 Å². The molecule has 2 aromatic carbocycles. The molecule has 0 unspecified atom stereocenters. The van der Waals surface area contributed by atoms with Crippen LogP contribution in [0.25, 0.3) is 0 Å². The molecule has 30 heavy (non-hydrogen) atoms. The van der Waals surface area contributed by atoms with Gasteiger partial charge in [0.15, 0.2) is 0 Å². The third kappa shape index (κ3) is 8.13. The average Bonchev–Trinajstić information content (AvgIpc) is 2.73. The number of amides is 2. The lowest BCUT2D eigenvalue weighted by molar-refractivity contribution is -0.121. The van der Waals surface area contributed by atoms with Gasteiger partial charge in [0.1, 0.15) is 5.75 Å². The van der Waals surface area contributed by atoms with E-state index in [1.165, 1.54) is 12.1 Å². The van der Waals surface area contributed by atoms with Crippen LogP contribution in [-0.2, 0) is 16.0 Å². The van der Waals surface area contributed by atoms with Crippen LogP contribution >= 0.6 is 11.6 Å². The number of hydrogen-bond donors (Lipinski definition) is 2. The van der Waals surface area contributed by atoms with E-state index in [-0.39, 0.29) is 18.4 Å². The highest BCUT2D eigenvalue weighted by Gasteiger charge is 2.08. The van der Waals surface area contributed by atoms with Crippen molar-refractivity contribution in [1.82, 2.24) is 10.6 Å². The number of nitrogens with one attached hydrogen (secondary N) is 2. The summed E-state index contributed by atoms with van der Waals surface area (Å²) in [5, 5.41) is 6.27. The number of carbonyl (C=O) groups excluding carboxylic acids is 3. The summed E-state index contributed by atoms with van der Waals surface area (Å²) >= 11 is 6.08. The molecule has 2 amide bonds. The fraction of sp³-hybridized carbons (Fsp3) is 0.318. The first-order chi connectivity index (χ1) is 14.5. The Morgan fingerprint density at radius 1 is 0.967 bits per heavy atom. The van der Waals surface area contributed by atoms with Gasteiger partial charge in [0.25, 0.3) is 5.91 Å². The molecular weight excluding hydrogens is 408 g/mol. The summed E-state index contributed by atoms with van der Waals surface area (Å²) in [5.74, 6) is -0.00864. The highest BCUT2D eigenvalue weighted by Crippen LogP contribution is 2.16. The monoisotopic (exact) mass is 432 g/mol. The number of aryl methyl sites for hydroxylation is 1. The smallest absolute Gasteiger partial charge is 0.434 e. The fourth-order valence-corrected chi connectivity index (χ4v) is 2.81. The maximum atomic E-state index is 12.1. The van der Waals surface area contributed by atoms with Gasteiger partial charge in [0.05, 0.1) is 6.61 Å². The largest absolute Gasteiger partial charge is 0.513 e. The Balaban J connectivity index is 1.62. The van der Waals surface area contributed by atoms with Gasteiger partial charge in [-0.05, 0) is 55.7 Å². The van der Waals surface area contributed by atoms with E-state index in [9.17, 15) is 14.4 Å². The minimum atomic E-state index is -0.788. The number of halogens is 1. The summed E-state index contributed by atoms with van der Waals surface area (Å²) < 4.78 is 9.62. The second kappa shape index (κ2) is 12.5. The summed E-state index contributed by atoms with van der Waals surface area (Å²) in [6.07, 6.45) is 0.755. The quantitative estimate of drug-likeness (QED) is 0.339. The zero-order chi connectivity index (χ0) is 21.8. The predicted octanol–water partition coefficient (Wildman–Crippen LogP) is 3.74. The molecule has 2 N–H and O–H groups in total. The molecule has 0 bridgehead atoms. The van der Waals surface area contributed by atoms with Gasteiger partial charge in [-0.1, -0.05) is 29.8 Å². The third-order valence-electron chi connectivity index (χ3n) is 4.12. The number of carbonyl (C=O) groups is 3. The molecule has 160 valence electrons. The summed E-state index contributed by atoms with van der Waals surface area (Å²) in [6, 6.07) is 13.6. The SMILES string of the molecule is CCOC(=O)Oc1ccc(C(=O)NCCCNC(=O)CCc2ccccc2Cl)cc1. The van der Waals surface area contributed by atoms with Crippen molar-refractivity contribution < 1.29 is 23.9 Å². The Morgan fingerprint density at radius 2 is 1.67 bits per heavy atom. The van der Waals surface area contributed by atoms with Crippen LogP contribution in [0.2, 0.25) is 5.02 Å². The van der Waals surface area contributed by atoms with Crippen LogP contribution in [0.5, 0.6) is 5.75 Å². The molecule has 2 aromatic rings. The molecule has 0 fully saturated rings. The first-order valence-electron chi connectivity index (χ1n) is 9.72. The van der Waals surface area contributed by atoms with Gasteiger partial charge in [-0.15, -0.1) is 0 Å². The van der Waals surface area contributed by atoms with E-state index < -0.39 is 6.16 Å². The van der Waals surface area contributed by atoms with E-state index in [4.69, 9.17) is 16.3 Å². The van der Waals surface area contributed by atoms with E-state index in [2.05, 4.69) is 15.4 Å². The van der Waals surface area contributed by atoms with E-state index in [0.717, 1.165) is 5.56 Å². The maximum absolute atomic E-state index is 12.1. The van der Waals surface area contributed by atoms with Gasteiger partial charge in [0.2, 0.25) is 5.91 Å². The lowest BCUT2D eigenvalue weighted by atomic mass is 10.1. The lowest BCUT2D eigenvalue weighted by Crippen LogP contribution is -2.30. The number of benzene rings is 2. The summed E-state index contributed by atoms with van der Waals surface area (Å²) in [7, 11) is 0. The van der Waals surface area contributed by atoms with Crippen molar-refractivity contribution in [2.45, 2.75) is 26.2 Å². The van der Waals surface area contributed by atoms with E-state index in [1.54, 1.807) is 25.1 Å². The third-order valence-corrected chi connectivity index (χ3v) is 4.49. The van der Waals surface area contributed by atoms with Crippen LogP contribution in [0, 0.1) is 0 Å². The predicted molar refractivity (Wildman–Crippen MR) is 114 cm³/mol. The van der Waals surface area contributed by atoms with Crippen molar-refractivity contribution >= 4 is 29.6 Å². The number of rotatable bonds is 10. The van der Waals surface area contributed by atoms with Gasteiger partial charge in [0, 0.05) is 30.1 Å². The molecule has 0 atom stereocenters. The normalized spacial score (nSPS) is 10.2. The summed E-state index contributed by atoms with van der Waals surface area (Å²) in [6.45, 7) is 2.79. The fourth-order valence-electron chi connectivity index (χ4n) is 2.58. The maximum Gasteiger partial charge on any atom is 0.513 e. The molecule has 0 aliphatic rings. The standard InChI is InChI=1S/C22H25ClN2O5/c1-2-29-22(28)30-18-11-8-17(9-12-18)21(27)25-15-5-14-24-20(26)13-10-16-6-3-4-7-19(16)23/h3-4,6-9,11-12H,2,5,10,13-15H2,1H3,(H,24,26)(H,25,27). The van der Waals surface area contributed by atoms with Gasteiger partial charge >= 0.3 is 6.16 Å². The van der Waals surface area contributed by atoms with Crippen LogP contribution in [0.15, 0.2) is 48.5 Å². The highest BCUT2D eigenvalue weighted by atomic mass is 35.5. The molecule has 0 aliphatic heterocycles. The minimum Gasteiger partial charge on any atom is -0.434 e. The van der Waals surface area contributed by atoms with Gasteiger partial charge < -0.3 is 20.1 Å². The zero-order valence-corrected chi connectivity index (χ0v) is 17.5. The molecule has 0 spiro atoms. The van der Waals surface area contributed by atoms with Crippen LogP contribution < -0.4 is 15.4 Å². The molecule has 7 nitrogen and oxygen atoms in total. The molecule has 0 aromatic heterocycles. The van der Waals surface area contributed by atoms with Crippen LogP contribution in [0.4, 0.5) is 4.79 Å². The Hall–Kier alpha value is -3.06. The summed E-state index contributed by atoms with van der Waals surface area (Å²) in [4.78, 5) is 35.3. The molecule has 0 aliphatic carbocycles. The van der Waals surface area contributed by atoms with Crippen LogP contribution in [0.1, 0.15) is 35.7 Å². The highest BCUT2D eigenvalue weighted by molar-refractivity contribution is 6.31. The van der Waals surface area contributed by atoms with E-state index in [0.29, 0.717) is 48.7 Å². The molecule has 0 radical (unpaired) electrons. The lowest BCUT2D eigenvalue weighted by Gasteiger charge is -2.08.